The van der Waals surface area contributed by atoms with Gasteiger partial charge in [0.2, 0.25) is 11.9 Å². The summed E-state index contributed by atoms with van der Waals surface area (Å²) in [6, 6.07) is 14.2. The van der Waals surface area contributed by atoms with Gasteiger partial charge in [0.25, 0.3) is 0 Å². The number of rotatable bonds is 11. The van der Waals surface area contributed by atoms with E-state index in [4.69, 9.17) is 44.8 Å². The highest BCUT2D eigenvalue weighted by molar-refractivity contribution is 6.35. The van der Waals surface area contributed by atoms with E-state index in [2.05, 4.69) is 26.1 Å². The lowest BCUT2D eigenvalue weighted by Crippen LogP contribution is -2.41. The van der Waals surface area contributed by atoms with E-state index in [1.807, 2.05) is 36.4 Å². The van der Waals surface area contributed by atoms with Gasteiger partial charge in [-0.25, -0.2) is 4.98 Å². The van der Waals surface area contributed by atoms with Crippen LogP contribution in [0.15, 0.2) is 60.9 Å². The standard InChI is InChI=1S/C30H32Cl3N7O/c31-23-8-4-7-20(11-23)15-35-30-39-26(22-17-36-37-18-22)14-28(40-30)38-27(12-19-5-2-1-3-6-19)29(41)34-16-21-9-10-24(32)13-25(21)33/h4,7-11,13-14,17-19,27H,1-3,5-6,12,15-16H2,(H,34,41)(H,36,37)(H2,35,38,39,40)/t27-/m1/s1. The minimum atomic E-state index is -0.489. The van der Waals surface area contributed by atoms with Crippen LogP contribution in [0.25, 0.3) is 11.3 Å². The van der Waals surface area contributed by atoms with Crippen molar-refractivity contribution in [2.45, 2.75) is 57.7 Å². The Bertz CT molecular complexity index is 1460. The molecule has 0 saturated heterocycles. The number of halogens is 3. The molecule has 11 heteroatoms. The van der Waals surface area contributed by atoms with Crippen LogP contribution in [-0.4, -0.2) is 32.1 Å². The molecule has 0 spiro atoms. The fourth-order valence-electron chi connectivity index (χ4n) is 5.10. The van der Waals surface area contributed by atoms with E-state index in [0.717, 1.165) is 29.5 Å². The number of benzene rings is 2. The van der Waals surface area contributed by atoms with E-state index in [9.17, 15) is 4.79 Å². The minimum absolute atomic E-state index is 0.112. The number of aromatic nitrogens is 4. The fourth-order valence-corrected chi connectivity index (χ4v) is 5.79. The molecule has 4 N–H and O–H groups in total. The Morgan fingerprint density at radius 3 is 2.56 bits per heavy atom. The second-order valence-electron chi connectivity index (χ2n) is 10.3. The normalized spacial score (nSPS) is 14.4. The van der Waals surface area contributed by atoms with Crippen molar-refractivity contribution in [3.63, 3.8) is 0 Å². The summed E-state index contributed by atoms with van der Waals surface area (Å²) in [5, 5.41) is 18.4. The van der Waals surface area contributed by atoms with E-state index in [0.29, 0.717) is 58.0 Å². The van der Waals surface area contributed by atoms with Gasteiger partial charge in [0.1, 0.15) is 11.9 Å². The molecule has 1 fully saturated rings. The zero-order chi connectivity index (χ0) is 28.6. The molecule has 0 bridgehead atoms. The molecular weight excluding hydrogens is 581 g/mol. The molecule has 1 atom stereocenters. The molecule has 41 heavy (non-hydrogen) atoms. The zero-order valence-corrected chi connectivity index (χ0v) is 24.7. The van der Waals surface area contributed by atoms with Gasteiger partial charge in [-0.05, 0) is 47.7 Å². The third kappa shape index (κ3) is 8.35. The molecule has 8 nitrogen and oxygen atoms in total. The van der Waals surface area contributed by atoms with Crippen LogP contribution in [0.4, 0.5) is 11.8 Å². The summed E-state index contributed by atoms with van der Waals surface area (Å²) in [6.45, 7) is 0.789. The van der Waals surface area contributed by atoms with Crippen LogP contribution in [0.1, 0.15) is 49.7 Å². The van der Waals surface area contributed by atoms with Crippen molar-refractivity contribution >= 4 is 52.5 Å². The highest BCUT2D eigenvalue weighted by Crippen LogP contribution is 2.29. The molecule has 0 radical (unpaired) electrons. The first-order chi connectivity index (χ1) is 19.9. The summed E-state index contributed by atoms with van der Waals surface area (Å²) >= 11 is 18.6. The second kappa shape index (κ2) is 14.0. The Morgan fingerprint density at radius 2 is 1.80 bits per heavy atom. The molecule has 1 aliphatic carbocycles. The van der Waals surface area contributed by atoms with E-state index in [1.165, 1.54) is 19.3 Å². The molecule has 1 amide bonds. The molecule has 1 saturated carbocycles. The summed E-state index contributed by atoms with van der Waals surface area (Å²) in [6.07, 6.45) is 10.0. The van der Waals surface area contributed by atoms with Crippen molar-refractivity contribution in [3.05, 3.63) is 87.1 Å². The van der Waals surface area contributed by atoms with Gasteiger partial charge in [0.15, 0.2) is 0 Å². The number of amides is 1. The number of hydrogen-bond donors (Lipinski definition) is 4. The lowest BCUT2D eigenvalue weighted by Gasteiger charge is -2.27. The fraction of sp³-hybridized carbons (Fsp3) is 0.333. The topological polar surface area (TPSA) is 108 Å². The predicted molar refractivity (Wildman–Crippen MR) is 165 cm³/mol. The zero-order valence-electron chi connectivity index (χ0n) is 22.5. The summed E-state index contributed by atoms with van der Waals surface area (Å²) < 4.78 is 0. The predicted octanol–water partition coefficient (Wildman–Crippen LogP) is 7.51. The third-order valence-electron chi connectivity index (χ3n) is 7.26. The van der Waals surface area contributed by atoms with Crippen LogP contribution < -0.4 is 16.0 Å². The minimum Gasteiger partial charge on any atom is -0.358 e. The first-order valence-electron chi connectivity index (χ1n) is 13.8. The van der Waals surface area contributed by atoms with E-state index >= 15 is 0 Å². The Labute approximate surface area is 254 Å². The van der Waals surface area contributed by atoms with Crippen LogP contribution in [0.5, 0.6) is 0 Å². The Balaban J connectivity index is 1.37. The molecule has 2 aromatic heterocycles. The summed E-state index contributed by atoms with van der Waals surface area (Å²) in [5.74, 6) is 1.32. The van der Waals surface area contributed by atoms with Crippen molar-refractivity contribution in [1.29, 1.82) is 0 Å². The van der Waals surface area contributed by atoms with Gasteiger partial charge >= 0.3 is 0 Å². The van der Waals surface area contributed by atoms with Gasteiger partial charge < -0.3 is 16.0 Å². The van der Waals surface area contributed by atoms with Crippen molar-refractivity contribution in [1.82, 2.24) is 25.5 Å². The number of H-pyrrole nitrogens is 1. The van der Waals surface area contributed by atoms with Crippen molar-refractivity contribution < 1.29 is 4.79 Å². The lowest BCUT2D eigenvalue weighted by atomic mass is 9.84. The van der Waals surface area contributed by atoms with Gasteiger partial charge in [0.05, 0.1) is 11.9 Å². The highest BCUT2D eigenvalue weighted by atomic mass is 35.5. The Morgan fingerprint density at radius 1 is 0.976 bits per heavy atom. The van der Waals surface area contributed by atoms with Crippen LogP contribution in [-0.2, 0) is 17.9 Å². The van der Waals surface area contributed by atoms with Crippen molar-refractivity contribution in [2.75, 3.05) is 10.6 Å². The monoisotopic (exact) mass is 611 g/mol. The highest BCUT2D eigenvalue weighted by Gasteiger charge is 2.25. The largest absolute Gasteiger partial charge is 0.358 e. The van der Waals surface area contributed by atoms with Crippen LogP contribution >= 0.6 is 34.8 Å². The molecule has 2 heterocycles. The van der Waals surface area contributed by atoms with Gasteiger partial charge in [-0.2, -0.15) is 10.1 Å². The van der Waals surface area contributed by atoms with Crippen LogP contribution in [0, 0.1) is 5.92 Å². The van der Waals surface area contributed by atoms with Crippen molar-refractivity contribution in [2.24, 2.45) is 5.92 Å². The van der Waals surface area contributed by atoms with Gasteiger partial charge in [-0.15, -0.1) is 0 Å². The number of anilines is 2. The Hall–Kier alpha value is -3.33. The molecule has 0 aliphatic heterocycles. The third-order valence-corrected chi connectivity index (χ3v) is 8.08. The molecular formula is C30H32Cl3N7O. The van der Waals surface area contributed by atoms with Gasteiger partial charge in [0, 0.05) is 46.0 Å². The van der Waals surface area contributed by atoms with E-state index in [1.54, 1.807) is 24.5 Å². The number of aromatic amines is 1. The first-order valence-corrected chi connectivity index (χ1v) is 14.9. The SMILES string of the molecule is O=C(NCc1ccc(Cl)cc1Cl)[C@@H](CC1CCCCC1)Nc1cc(-c2cn[nH]c2)nc(NCc2cccc(Cl)c2)n1. The quantitative estimate of drug-likeness (QED) is 0.140. The summed E-state index contributed by atoms with van der Waals surface area (Å²) in [5.41, 5.74) is 3.29. The molecule has 5 rings (SSSR count). The van der Waals surface area contributed by atoms with E-state index in [-0.39, 0.29) is 5.91 Å². The van der Waals surface area contributed by atoms with E-state index < -0.39 is 6.04 Å². The average molecular weight is 613 g/mol. The van der Waals surface area contributed by atoms with Crippen LogP contribution in [0.3, 0.4) is 0 Å². The number of hydrogen-bond acceptors (Lipinski definition) is 6. The Kier molecular flexibility index (Phi) is 9.98. The van der Waals surface area contributed by atoms with Crippen LogP contribution in [0.2, 0.25) is 15.1 Å². The molecule has 214 valence electrons. The molecule has 2 aromatic carbocycles. The maximum atomic E-state index is 13.6. The number of carbonyl (C=O) groups excluding carboxylic acids is 1. The van der Waals surface area contributed by atoms with Gasteiger partial charge in [-0.3, -0.25) is 9.89 Å². The molecule has 1 aliphatic rings. The van der Waals surface area contributed by atoms with Crippen molar-refractivity contribution in [3.8, 4) is 11.3 Å². The maximum absolute atomic E-state index is 13.6. The first kappa shape index (κ1) is 29.2. The lowest BCUT2D eigenvalue weighted by molar-refractivity contribution is -0.122. The molecule has 4 aromatic rings. The number of nitrogens with one attached hydrogen (secondary N) is 4. The number of carbonyl (C=O) groups is 1. The number of nitrogens with zero attached hydrogens (tertiary/aromatic N) is 3. The smallest absolute Gasteiger partial charge is 0.242 e. The average Bonchev–Trinajstić information content (AvgIpc) is 3.51. The van der Waals surface area contributed by atoms with Gasteiger partial charge in [-0.1, -0.05) is 85.1 Å². The summed E-state index contributed by atoms with van der Waals surface area (Å²) in [4.78, 5) is 23.0. The maximum Gasteiger partial charge on any atom is 0.242 e. The summed E-state index contributed by atoms with van der Waals surface area (Å²) in [7, 11) is 0. The molecule has 0 unspecified atom stereocenters. The second-order valence-corrected chi connectivity index (χ2v) is 11.6.